The summed E-state index contributed by atoms with van der Waals surface area (Å²) in [5, 5.41) is 15.3. The standard InChI is InChI=1S/C31H34FNO3/c1-2-21-31(35,30(34)36-28-16-10-9-15-27(28)24-13-7-4-8-14-24)29(25-17-19-26(32)20-18-25)33-22-23-11-5-3-6-12-23/h2-8,11-14,17-20,27-29,33,35H,1,9-10,15-16,21-22H2/t27-,28+,29-,31+/m0/s1. The SMILES string of the molecule is C=CC[C@](O)(C(=O)O[C@@H]1CCCC[C@H]1c1ccccc1)[C@@H](NCc1ccccc1)c1ccc(F)cc1. The average molecular weight is 488 g/mol. The van der Waals surface area contributed by atoms with Crippen LogP contribution in [0.15, 0.2) is 97.6 Å². The van der Waals surface area contributed by atoms with Gasteiger partial charge in [-0.15, -0.1) is 6.58 Å². The fourth-order valence-electron chi connectivity index (χ4n) is 5.13. The molecule has 1 saturated carbocycles. The van der Waals surface area contributed by atoms with E-state index in [1.807, 2.05) is 48.5 Å². The second-order valence-corrected chi connectivity index (χ2v) is 9.51. The maximum Gasteiger partial charge on any atom is 0.340 e. The molecule has 3 aromatic rings. The summed E-state index contributed by atoms with van der Waals surface area (Å²) >= 11 is 0. The summed E-state index contributed by atoms with van der Waals surface area (Å²) in [5.41, 5.74) is 0.805. The van der Waals surface area contributed by atoms with Gasteiger partial charge in [-0.3, -0.25) is 0 Å². The summed E-state index contributed by atoms with van der Waals surface area (Å²) < 4.78 is 19.8. The van der Waals surface area contributed by atoms with Gasteiger partial charge in [0.05, 0.1) is 6.04 Å². The van der Waals surface area contributed by atoms with E-state index < -0.39 is 17.6 Å². The van der Waals surface area contributed by atoms with Crippen LogP contribution in [0.1, 0.15) is 60.8 Å². The van der Waals surface area contributed by atoms with Crippen molar-refractivity contribution < 1.29 is 19.0 Å². The fraction of sp³-hybridized carbons (Fsp3) is 0.323. The molecule has 1 aliphatic rings. The molecule has 0 unspecified atom stereocenters. The van der Waals surface area contributed by atoms with E-state index in [0.29, 0.717) is 12.1 Å². The predicted molar refractivity (Wildman–Crippen MR) is 140 cm³/mol. The summed E-state index contributed by atoms with van der Waals surface area (Å²) in [7, 11) is 0. The van der Waals surface area contributed by atoms with Crippen LogP contribution in [0, 0.1) is 5.82 Å². The first kappa shape index (κ1) is 25.8. The van der Waals surface area contributed by atoms with E-state index in [0.717, 1.165) is 36.8 Å². The minimum Gasteiger partial charge on any atom is -0.460 e. The Morgan fingerprint density at radius 2 is 1.67 bits per heavy atom. The van der Waals surface area contributed by atoms with Gasteiger partial charge in [0, 0.05) is 18.9 Å². The highest BCUT2D eigenvalue weighted by Crippen LogP contribution is 2.38. The summed E-state index contributed by atoms with van der Waals surface area (Å²) in [6.07, 6.45) is 4.89. The van der Waals surface area contributed by atoms with E-state index >= 15 is 0 Å². The first-order valence-corrected chi connectivity index (χ1v) is 12.6. The molecular formula is C31H34FNO3. The normalized spacial score (nSPS) is 20.2. The third-order valence-corrected chi connectivity index (χ3v) is 7.03. The van der Waals surface area contributed by atoms with Gasteiger partial charge in [0.2, 0.25) is 0 Å². The zero-order valence-electron chi connectivity index (χ0n) is 20.5. The van der Waals surface area contributed by atoms with Gasteiger partial charge in [-0.2, -0.15) is 0 Å². The quantitative estimate of drug-likeness (QED) is 0.263. The molecule has 0 aromatic heterocycles. The molecule has 0 radical (unpaired) electrons. The average Bonchev–Trinajstić information content (AvgIpc) is 2.91. The van der Waals surface area contributed by atoms with Crippen LogP contribution in [0.25, 0.3) is 0 Å². The van der Waals surface area contributed by atoms with Crippen molar-refractivity contribution in [2.75, 3.05) is 0 Å². The highest BCUT2D eigenvalue weighted by molar-refractivity contribution is 5.81. The van der Waals surface area contributed by atoms with E-state index in [-0.39, 0.29) is 24.3 Å². The molecule has 5 heteroatoms. The number of rotatable bonds is 10. The number of nitrogens with one attached hydrogen (secondary N) is 1. The van der Waals surface area contributed by atoms with Crippen LogP contribution in [0.4, 0.5) is 4.39 Å². The summed E-state index contributed by atoms with van der Waals surface area (Å²) in [6.45, 7) is 4.20. The molecule has 0 amide bonds. The van der Waals surface area contributed by atoms with Gasteiger partial charge >= 0.3 is 5.97 Å². The number of aliphatic hydroxyl groups is 1. The van der Waals surface area contributed by atoms with Gasteiger partial charge in [-0.25, -0.2) is 9.18 Å². The van der Waals surface area contributed by atoms with Crippen molar-refractivity contribution in [2.45, 2.75) is 62.3 Å². The van der Waals surface area contributed by atoms with Crippen molar-refractivity contribution in [1.82, 2.24) is 5.32 Å². The second kappa shape index (κ2) is 12.1. The van der Waals surface area contributed by atoms with Crippen LogP contribution < -0.4 is 5.32 Å². The number of carbonyl (C=O) groups excluding carboxylic acids is 1. The number of ether oxygens (including phenoxy) is 1. The summed E-state index contributed by atoms with van der Waals surface area (Å²) in [4.78, 5) is 13.8. The lowest BCUT2D eigenvalue weighted by atomic mass is 9.81. The number of hydrogen-bond donors (Lipinski definition) is 2. The molecular weight excluding hydrogens is 453 g/mol. The lowest BCUT2D eigenvalue weighted by Gasteiger charge is -2.38. The summed E-state index contributed by atoms with van der Waals surface area (Å²) in [5.74, 6) is -0.994. The molecule has 0 spiro atoms. The zero-order valence-corrected chi connectivity index (χ0v) is 20.5. The lowest BCUT2D eigenvalue weighted by Crippen LogP contribution is -2.52. The molecule has 3 aromatic carbocycles. The van der Waals surface area contributed by atoms with Crippen molar-refractivity contribution in [3.63, 3.8) is 0 Å². The number of benzene rings is 3. The Labute approximate surface area is 212 Å². The van der Waals surface area contributed by atoms with Gasteiger partial charge in [0.25, 0.3) is 0 Å². The van der Waals surface area contributed by atoms with E-state index in [2.05, 4.69) is 24.0 Å². The van der Waals surface area contributed by atoms with Gasteiger partial charge < -0.3 is 15.2 Å². The van der Waals surface area contributed by atoms with Crippen LogP contribution in [-0.4, -0.2) is 22.8 Å². The van der Waals surface area contributed by atoms with Crippen LogP contribution >= 0.6 is 0 Å². The maximum atomic E-state index is 13.8. The number of halogens is 1. The van der Waals surface area contributed by atoms with E-state index in [4.69, 9.17) is 4.74 Å². The molecule has 188 valence electrons. The highest BCUT2D eigenvalue weighted by atomic mass is 19.1. The molecule has 36 heavy (non-hydrogen) atoms. The predicted octanol–water partition coefficient (Wildman–Crippen LogP) is 6.23. The van der Waals surface area contributed by atoms with Crippen LogP contribution in [0.3, 0.4) is 0 Å². The van der Waals surface area contributed by atoms with Gasteiger partial charge in [-0.05, 0) is 48.1 Å². The highest BCUT2D eigenvalue weighted by Gasteiger charge is 2.47. The molecule has 2 N–H and O–H groups in total. The maximum absolute atomic E-state index is 13.8. The van der Waals surface area contributed by atoms with Crippen LogP contribution in [-0.2, 0) is 16.1 Å². The zero-order chi connectivity index (χ0) is 25.4. The minimum atomic E-state index is -1.92. The third-order valence-electron chi connectivity index (χ3n) is 7.03. The van der Waals surface area contributed by atoms with Crippen molar-refractivity contribution in [2.24, 2.45) is 0 Å². The number of carbonyl (C=O) groups is 1. The topological polar surface area (TPSA) is 58.6 Å². The smallest absolute Gasteiger partial charge is 0.340 e. The molecule has 0 bridgehead atoms. The lowest BCUT2D eigenvalue weighted by molar-refractivity contribution is -0.177. The van der Waals surface area contributed by atoms with Gasteiger partial charge in [0.15, 0.2) is 5.60 Å². The molecule has 1 aliphatic carbocycles. The second-order valence-electron chi connectivity index (χ2n) is 9.51. The molecule has 0 aliphatic heterocycles. The molecule has 0 saturated heterocycles. The van der Waals surface area contributed by atoms with Crippen molar-refractivity contribution in [1.29, 1.82) is 0 Å². The van der Waals surface area contributed by atoms with Crippen molar-refractivity contribution in [3.8, 4) is 0 Å². The third kappa shape index (κ3) is 6.10. The molecule has 4 atom stereocenters. The van der Waals surface area contributed by atoms with Gasteiger partial charge in [0.1, 0.15) is 11.9 Å². The molecule has 1 fully saturated rings. The minimum absolute atomic E-state index is 0.0155. The van der Waals surface area contributed by atoms with E-state index in [1.54, 1.807) is 12.1 Å². The number of esters is 1. The van der Waals surface area contributed by atoms with Crippen LogP contribution in [0.2, 0.25) is 0 Å². The first-order valence-electron chi connectivity index (χ1n) is 12.6. The molecule has 4 rings (SSSR count). The fourth-order valence-corrected chi connectivity index (χ4v) is 5.13. The van der Waals surface area contributed by atoms with Crippen LogP contribution in [0.5, 0.6) is 0 Å². The Hall–Kier alpha value is -3.28. The number of hydrogen-bond acceptors (Lipinski definition) is 4. The van der Waals surface area contributed by atoms with Gasteiger partial charge in [-0.1, -0.05) is 85.3 Å². The Morgan fingerprint density at radius 3 is 2.33 bits per heavy atom. The Bertz CT molecular complexity index is 1120. The molecule has 0 heterocycles. The Morgan fingerprint density at radius 1 is 1.03 bits per heavy atom. The van der Waals surface area contributed by atoms with Crippen molar-refractivity contribution >= 4 is 5.97 Å². The Kier molecular flexibility index (Phi) is 8.68. The monoisotopic (exact) mass is 487 g/mol. The Balaban J connectivity index is 1.62. The molecule has 4 nitrogen and oxygen atoms in total. The van der Waals surface area contributed by atoms with Crippen molar-refractivity contribution in [3.05, 3.63) is 120 Å². The van der Waals surface area contributed by atoms with E-state index in [1.165, 1.54) is 18.2 Å². The van der Waals surface area contributed by atoms with E-state index in [9.17, 15) is 14.3 Å². The largest absolute Gasteiger partial charge is 0.460 e. The first-order chi connectivity index (χ1) is 17.5. The summed E-state index contributed by atoms with van der Waals surface area (Å²) in [6, 6.07) is 24.8.